The molecule has 0 N–H and O–H groups in total. The molecule has 1 aromatic rings. The number of rotatable bonds is 10. The van der Waals surface area contributed by atoms with E-state index in [0.29, 0.717) is 34.9 Å². The van der Waals surface area contributed by atoms with Gasteiger partial charge in [0, 0.05) is 32.7 Å². The van der Waals surface area contributed by atoms with Gasteiger partial charge in [-0.05, 0) is 75.9 Å². The second-order valence-electron chi connectivity index (χ2n) is 9.59. The molecule has 8 nitrogen and oxygen atoms in total. The van der Waals surface area contributed by atoms with Crippen LogP contribution in [0.3, 0.4) is 0 Å². The van der Waals surface area contributed by atoms with E-state index in [1.54, 1.807) is 42.3 Å². The van der Waals surface area contributed by atoms with E-state index in [4.69, 9.17) is 9.47 Å². The van der Waals surface area contributed by atoms with Gasteiger partial charge in [0.05, 0.1) is 18.6 Å². The number of amides is 1. The summed E-state index contributed by atoms with van der Waals surface area (Å²) in [7, 11) is -0.305. The Hall–Kier alpha value is -1.68. The maximum Gasteiger partial charge on any atom is 0.248 e. The van der Waals surface area contributed by atoms with Crippen molar-refractivity contribution in [2.45, 2.75) is 63.3 Å². The van der Waals surface area contributed by atoms with Gasteiger partial charge in [-0.15, -0.1) is 0 Å². The summed E-state index contributed by atoms with van der Waals surface area (Å²) in [5, 5.41) is 0. The minimum absolute atomic E-state index is 0.0263. The lowest BCUT2D eigenvalue weighted by atomic mass is 10.1. The lowest BCUT2D eigenvalue weighted by Crippen LogP contribution is -2.47. The van der Waals surface area contributed by atoms with Gasteiger partial charge in [-0.2, -0.15) is 4.31 Å². The molecule has 2 heterocycles. The third kappa shape index (κ3) is 6.71. The fraction of sp³-hybridized carbons (Fsp3) is 0.720. The summed E-state index contributed by atoms with van der Waals surface area (Å²) in [6, 6.07) is 3.24. The third-order valence-corrected chi connectivity index (χ3v) is 9.23. The summed E-state index contributed by atoms with van der Waals surface area (Å²) in [5.74, 6) is 0.583. The molecule has 0 saturated carbocycles. The van der Waals surface area contributed by atoms with Crippen molar-refractivity contribution in [1.29, 1.82) is 0 Å². The Kier molecular flexibility index (Phi) is 9.76. The lowest BCUT2D eigenvalue weighted by Gasteiger charge is -2.35. The number of carbonyl (C=O) groups is 1. The van der Waals surface area contributed by atoms with Crippen molar-refractivity contribution < 1.29 is 22.7 Å². The van der Waals surface area contributed by atoms with Gasteiger partial charge in [-0.1, -0.05) is 12.8 Å². The molecule has 9 heteroatoms. The number of methoxy groups -OCH3 is 1. The quantitative estimate of drug-likeness (QED) is 0.497. The molecule has 2 aliphatic rings. The molecule has 3 rings (SSSR count). The Balaban J connectivity index is 1.57. The van der Waals surface area contributed by atoms with Crippen LogP contribution in [0.1, 0.15) is 49.7 Å². The normalized spacial score (nSPS) is 20.3. The molecular weight excluding hydrogens is 454 g/mol. The van der Waals surface area contributed by atoms with Crippen LogP contribution >= 0.6 is 0 Å². The van der Waals surface area contributed by atoms with Crippen LogP contribution in [0.15, 0.2) is 17.0 Å². The topological polar surface area (TPSA) is 79.4 Å². The SMILES string of the molecule is COc1cc(C)c(S(=O)(=O)N2CCCCC2COCC(=O)N(C)CCN2CCCCC2)c(C)c1. The number of piperidine rings is 2. The van der Waals surface area contributed by atoms with Crippen molar-refractivity contribution in [1.82, 2.24) is 14.1 Å². The summed E-state index contributed by atoms with van der Waals surface area (Å²) in [6.07, 6.45) is 6.26. The van der Waals surface area contributed by atoms with E-state index < -0.39 is 10.0 Å². The third-order valence-electron chi connectivity index (χ3n) is 6.97. The standard InChI is InChI=1S/C25H41N3O5S/c1-20-16-23(32-4)17-21(2)25(20)34(30,31)28-13-9-6-10-22(28)18-33-19-24(29)26(3)14-15-27-11-7-5-8-12-27/h16-17,22H,5-15,18-19H2,1-4H3. The molecule has 1 atom stereocenters. The maximum absolute atomic E-state index is 13.6. The van der Waals surface area contributed by atoms with E-state index in [1.165, 1.54) is 19.3 Å². The van der Waals surface area contributed by atoms with Crippen molar-refractivity contribution in [2.24, 2.45) is 0 Å². The molecule has 0 bridgehead atoms. The molecule has 1 amide bonds. The van der Waals surface area contributed by atoms with E-state index in [1.807, 2.05) is 7.05 Å². The number of likely N-dealkylation sites (N-methyl/N-ethyl adjacent to an activating group) is 1. The van der Waals surface area contributed by atoms with Crippen molar-refractivity contribution in [2.75, 3.05) is 60.1 Å². The van der Waals surface area contributed by atoms with Gasteiger partial charge in [0.2, 0.25) is 15.9 Å². The molecular formula is C25H41N3O5S. The summed E-state index contributed by atoms with van der Waals surface area (Å²) in [5.41, 5.74) is 1.35. The number of ether oxygens (including phenoxy) is 2. The van der Waals surface area contributed by atoms with Gasteiger partial charge in [0.1, 0.15) is 12.4 Å². The van der Waals surface area contributed by atoms with Crippen LogP contribution in [0.2, 0.25) is 0 Å². The first kappa shape index (κ1) is 26.9. The van der Waals surface area contributed by atoms with E-state index in [-0.39, 0.29) is 25.2 Å². The van der Waals surface area contributed by atoms with Crippen molar-refractivity contribution in [3.8, 4) is 5.75 Å². The predicted molar refractivity (Wildman–Crippen MR) is 133 cm³/mol. The van der Waals surface area contributed by atoms with E-state index in [2.05, 4.69) is 4.90 Å². The molecule has 1 unspecified atom stereocenters. The zero-order valence-corrected chi connectivity index (χ0v) is 22.0. The summed E-state index contributed by atoms with van der Waals surface area (Å²) < 4.78 is 39.9. The Bertz CT molecular complexity index is 907. The minimum atomic E-state index is -3.69. The van der Waals surface area contributed by atoms with E-state index in [9.17, 15) is 13.2 Å². The zero-order valence-electron chi connectivity index (χ0n) is 21.2. The number of sulfonamides is 1. The van der Waals surface area contributed by atoms with Gasteiger partial charge in [-0.3, -0.25) is 4.79 Å². The molecule has 2 aliphatic heterocycles. The molecule has 34 heavy (non-hydrogen) atoms. The Morgan fingerprint density at radius 1 is 1.06 bits per heavy atom. The number of aryl methyl sites for hydroxylation is 2. The smallest absolute Gasteiger partial charge is 0.248 e. The molecule has 2 fully saturated rings. The van der Waals surface area contributed by atoms with Gasteiger partial charge in [0.15, 0.2) is 0 Å². The first-order chi connectivity index (χ1) is 16.2. The largest absolute Gasteiger partial charge is 0.497 e. The van der Waals surface area contributed by atoms with Gasteiger partial charge in [0.25, 0.3) is 0 Å². The Labute approximate surface area is 205 Å². The lowest BCUT2D eigenvalue weighted by molar-refractivity contribution is -0.135. The van der Waals surface area contributed by atoms with Crippen LogP contribution < -0.4 is 4.74 Å². The highest BCUT2D eigenvalue weighted by atomic mass is 32.2. The van der Waals surface area contributed by atoms with Crippen LogP contribution in [-0.2, 0) is 19.6 Å². The number of hydrogen-bond donors (Lipinski definition) is 0. The highest BCUT2D eigenvalue weighted by Gasteiger charge is 2.35. The minimum Gasteiger partial charge on any atom is -0.497 e. The van der Waals surface area contributed by atoms with Crippen LogP contribution in [0.4, 0.5) is 0 Å². The summed E-state index contributed by atoms with van der Waals surface area (Å²) >= 11 is 0. The zero-order chi connectivity index (χ0) is 24.7. The summed E-state index contributed by atoms with van der Waals surface area (Å²) in [4.78, 5) is 17.0. The van der Waals surface area contributed by atoms with Crippen molar-refractivity contribution >= 4 is 15.9 Å². The highest BCUT2D eigenvalue weighted by Crippen LogP contribution is 2.31. The first-order valence-corrected chi connectivity index (χ1v) is 13.9. The van der Waals surface area contributed by atoms with Crippen LogP contribution in [0.25, 0.3) is 0 Å². The Morgan fingerprint density at radius 3 is 2.35 bits per heavy atom. The number of likely N-dealkylation sites (tertiary alicyclic amines) is 1. The van der Waals surface area contributed by atoms with Crippen molar-refractivity contribution in [3.05, 3.63) is 23.3 Å². The highest BCUT2D eigenvalue weighted by molar-refractivity contribution is 7.89. The van der Waals surface area contributed by atoms with E-state index >= 15 is 0 Å². The molecule has 0 radical (unpaired) electrons. The second kappa shape index (κ2) is 12.3. The van der Waals surface area contributed by atoms with Crippen LogP contribution in [0.5, 0.6) is 5.75 Å². The number of benzene rings is 1. The van der Waals surface area contributed by atoms with Gasteiger partial charge in [-0.25, -0.2) is 8.42 Å². The molecule has 0 aliphatic carbocycles. The number of nitrogens with zero attached hydrogens (tertiary/aromatic N) is 3. The van der Waals surface area contributed by atoms with Crippen LogP contribution in [-0.4, -0.2) is 94.6 Å². The Morgan fingerprint density at radius 2 is 1.71 bits per heavy atom. The molecule has 0 aromatic heterocycles. The van der Waals surface area contributed by atoms with Gasteiger partial charge >= 0.3 is 0 Å². The molecule has 192 valence electrons. The molecule has 2 saturated heterocycles. The van der Waals surface area contributed by atoms with Gasteiger partial charge < -0.3 is 19.3 Å². The molecule has 0 spiro atoms. The fourth-order valence-electron chi connectivity index (χ4n) is 5.00. The van der Waals surface area contributed by atoms with Crippen molar-refractivity contribution in [3.63, 3.8) is 0 Å². The van der Waals surface area contributed by atoms with Crippen LogP contribution in [0, 0.1) is 13.8 Å². The second-order valence-corrected chi connectivity index (χ2v) is 11.4. The average Bonchev–Trinajstić information content (AvgIpc) is 2.82. The first-order valence-electron chi connectivity index (χ1n) is 12.4. The number of hydrogen-bond acceptors (Lipinski definition) is 6. The maximum atomic E-state index is 13.6. The monoisotopic (exact) mass is 495 g/mol. The summed E-state index contributed by atoms with van der Waals surface area (Å²) in [6.45, 7) is 8.05. The fourth-order valence-corrected chi connectivity index (χ4v) is 7.10. The molecule has 1 aromatic carbocycles. The number of carbonyl (C=O) groups excluding carboxylic acids is 1. The van der Waals surface area contributed by atoms with E-state index in [0.717, 1.165) is 38.9 Å². The average molecular weight is 496 g/mol. The predicted octanol–water partition coefficient (Wildman–Crippen LogP) is 2.82.